The molecule has 0 bridgehead atoms. The lowest BCUT2D eigenvalue weighted by Crippen LogP contribution is -2.66. The van der Waals surface area contributed by atoms with E-state index in [1.54, 1.807) is 6.08 Å². The van der Waals surface area contributed by atoms with Gasteiger partial charge in [-0.15, -0.1) is 0 Å². The third-order valence-corrected chi connectivity index (χ3v) is 16.2. The van der Waals surface area contributed by atoms with Crippen molar-refractivity contribution >= 4 is 5.91 Å². The van der Waals surface area contributed by atoms with Gasteiger partial charge in [-0.3, -0.25) is 4.79 Å². The Balaban J connectivity index is 1.28. The predicted octanol–water partition coefficient (Wildman–Crippen LogP) is 8.82. The van der Waals surface area contributed by atoms with E-state index in [9.17, 15) is 61.0 Å². The minimum atomic E-state index is -1.98. The molecule has 520 valence electrons. The van der Waals surface area contributed by atoms with Gasteiger partial charge < -0.3 is 89.9 Å². The summed E-state index contributed by atoms with van der Waals surface area (Å²) >= 11 is 0. The Labute approximate surface area is 544 Å². The first-order valence-electron chi connectivity index (χ1n) is 34.3. The minimum absolute atomic E-state index is 0.227. The molecular weight excluding hydrogens is 1170 g/mol. The van der Waals surface area contributed by atoms with Gasteiger partial charge in [0, 0.05) is 6.42 Å². The lowest BCUT2D eigenvalue weighted by atomic mass is 9.96. The number of hydrogen-bond donors (Lipinski definition) is 12. The number of unbranched alkanes of at least 4 members (excludes halogenated alkanes) is 16. The van der Waals surface area contributed by atoms with Crippen molar-refractivity contribution in [2.75, 3.05) is 26.4 Å². The zero-order chi connectivity index (χ0) is 66.1. The Hall–Kier alpha value is -3.81. The van der Waals surface area contributed by atoms with Crippen molar-refractivity contribution in [3.05, 3.63) is 122 Å². The predicted molar refractivity (Wildman–Crippen MR) is 355 cm³/mol. The molecule has 0 saturated carbocycles. The fraction of sp³-hybridized carbons (Fsp3) is 0.708. The van der Waals surface area contributed by atoms with Crippen LogP contribution in [0, 0.1) is 0 Å². The van der Waals surface area contributed by atoms with Gasteiger partial charge >= 0.3 is 0 Å². The number of aliphatic hydroxyl groups excluding tert-OH is 11. The fourth-order valence-electron chi connectivity index (χ4n) is 10.7. The smallest absolute Gasteiger partial charge is 0.220 e. The molecule has 3 fully saturated rings. The number of ether oxygens (including phenoxy) is 6. The van der Waals surface area contributed by atoms with Crippen LogP contribution in [-0.4, -0.2) is 193 Å². The van der Waals surface area contributed by atoms with Crippen LogP contribution in [0.1, 0.15) is 194 Å². The summed E-state index contributed by atoms with van der Waals surface area (Å²) in [6.07, 6.45) is 45.4. The number of allylic oxidation sites excluding steroid dienone is 19. The second kappa shape index (κ2) is 52.5. The van der Waals surface area contributed by atoms with Crippen LogP contribution in [0.5, 0.6) is 0 Å². The number of hydrogen-bond acceptors (Lipinski definition) is 18. The molecule has 0 aromatic rings. The highest BCUT2D eigenvalue weighted by atomic mass is 16.8. The lowest BCUT2D eigenvalue weighted by molar-refractivity contribution is -0.379. The molecule has 12 N–H and O–H groups in total. The highest BCUT2D eigenvalue weighted by Gasteiger charge is 2.53. The Kier molecular flexibility index (Phi) is 46.9. The molecule has 0 radical (unpaired) electrons. The molecule has 0 spiro atoms. The number of aliphatic hydroxyl groups is 11. The monoisotopic (exact) mass is 1290 g/mol. The number of nitrogens with one attached hydrogen (secondary N) is 1. The largest absolute Gasteiger partial charge is 0.394 e. The van der Waals surface area contributed by atoms with Crippen LogP contribution in [-0.2, 0) is 33.2 Å². The Bertz CT molecular complexity index is 2120. The summed E-state index contributed by atoms with van der Waals surface area (Å²) in [4.78, 5) is 13.3. The first-order chi connectivity index (χ1) is 44.3. The van der Waals surface area contributed by atoms with Gasteiger partial charge in [0.1, 0.15) is 73.2 Å². The molecule has 3 aliphatic rings. The van der Waals surface area contributed by atoms with Gasteiger partial charge in [0.15, 0.2) is 18.9 Å². The van der Waals surface area contributed by atoms with Crippen LogP contribution in [0.15, 0.2) is 122 Å². The average molecular weight is 1290 g/mol. The van der Waals surface area contributed by atoms with E-state index in [0.717, 1.165) is 103 Å². The van der Waals surface area contributed by atoms with E-state index >= 15 is 0 Å². The number of rotatable bonds is 50. The molecule has 3 saturated heterocycles. The van der Waals surface area contributed by atoms with Gasteiger partial charge in [-0.2, -0.15) is 0 Å². The lowest BCUT2D eigenvalue weighted by Gasteiger charge is -2.48. The summed E-state index contributed by atoms with van der Waals surface area (Å²) in [6, 6.07) is -0.994. The van der Waals surface area contributed by atoms with Crippen molar-refractivity contribution < 1.29 is 89.4 Å². The molecule has 17 unspecified atom stereocenters. The van der Waals surface area contributed by atoms with Gasteiger partial charge in [0.2, 0.25) is 5.91 Å². The third kappa shape index (κ3) is 34.4. The van der Waals surface area contributed by atoms with Crippen LogP contribution in [0.25, 0.3) is 0 Å². The maximum absolute atomic E-state index is 13.3. The normalized spacial score (nSPS) is 28.6. The first kappa shape index (κ1) is 81.4. The van der Waals surface area contributed by atoms with Crippen molar-refractivity contribution in [3.8, 4) is 0 Å². The summed E-state index contributed by atoms with van der Waals surface area (Å²) < 4.78 is 34.1. The van der Waals surface area contributed by atoms with E-state index in [1.165, 1.54) is 57.8 Å². The minimum Gasteiger partial charge on any atom is -0.394 e. The zero-order valence-electron chi connectivity index (χ0n) is 54.8. The summed E-state index contributed by atoms with van der Waals surface area (Å²) in [5.41, 5.74) is 0. The molecule has 0 aromatic heterocycles. The molecule has 3 heterocycles. The van der Waals surface area contributed by atoms with E-state index in [0.29, 0.717) is 12.8 Å². The van der Waals surface area contributed by atoms with Crippen molar-refractivity contribution in [2.24, 2.45) is 0 Å². The van der Waals surface area contributed by atoms with Gasteiger partial charge in [0.25, 0.3) is 0 Å². The molecule has 0 aromatic carbocycles. The molecule has 19 nitrogen and oxygen atoms in total. The maximum atomic E-state index is 13.3. The maximum Gasteiger partial charge on any atom is 0.220 e. The second-order valence-corrected chi connectivity index (χ2v) is 23.9. The van der Waals surface area contributed by atoms with Crippen LogP contribution in [0.3, 0.4) is 0 Å². The fourth-order valence-corrected chi connectivity index (χ4v) is 10.7. The molecule has 3 aliphatic heterocycles. The molecule has 3 rings (SSSR count). The second-order valence-electron chi connectivity index (χ2n) is 23.9. The summed E-state index contributed by atoms with van der Waals surface area (Å²) in [7, 11) is 0. The van der Waals surface area contributed by atoms with Crippen LogP contribution in [0.4, 0.5) is 0 Å². The van der Waals surface area contributed by atoms with E-state index in [-0.39, 0.29) is 18.9 Å². The van der Waals surface area contributed by atoms with Crippen LogP contribution in [0.2, 0.25) is 0 Å². The van der Waals surface area contributed by atoms with Gasteiger partial charge in [0.05, 0.1) is 38.6 Å². The van der Waals surface area contributed by atoms with Crippen LogP contribution >= 0.6 is 0 Å². The molecule has 17 atom stereocenters. The van der Waals surface area contributed by atoms with Crippen LogP contribution < -0.4 is 5.32 Å². The number of amides is 1. The average Bonchev–Trinajstić information content (AvgIpc) is 1.40. The number of carbonyl (C=O) groups excluding carboxylic acids is 1. The standard InChI is InChI=1S/C72H119NO18/c1-3-5-7-9-11-12-13-14-15-16-17-18-19-20-21-22-23-24-25-26-27-28-29-30-31-32-33-34-35-36-37-38-39-40-41-42-44-46-48-50-60(78)73-55(56(77)49-47-45-43-10-8-6-4-2)54-86-70-66(84)63(81)68(58(52-75)88-70)91-72-67(85)64(82)69(59(53-76)89-72)90-71-65(83)62(80)61(79)57(51-74)87-71/h5,7-8,10-12,14-15,17-18,20-21,23-24,26-27,29-30,47,49,55-59,61-72,74-77,79-85H,3-4,6,9,13,16,19,22,25,28,31-46,48,50-54H2,1-2H3,(H,73,78)/b7-5-,10-8+,12-11-,15-14-,18-17-,21-20-,24-23-,27-26-,30-29-,49-47+. The van der Waals surface area contributed by atoms with Crippen molar-refractivity contribution in [2.45, 2.75) is 298 Å². The van der Waals surface area contributed by atoms with Gasteiger partial charge in [-0.05, 0) is 89.9 Å². The van der Waals surface area contributed by atoms with Crippen molar-refractivity contribution in [1.82, 2.24) is 5.32 Å². The highest BCUT2D eigenvalue weighted by Crippen LogP contribution is 2.33. The third-order valence-electron chi connectivity index (χ3n) is 16.2. The molecule has 91 heavy (non-hydrogen) atoms. The zero-order valence-corrected chi connectivity index (χ0v) is 54.8. The molecule has 1 amide bonds. The van der Waals surface area contributed by atoms with Gasteiger partial charge in [-0.1, -0.05) is 219 Å². The summed E-state index contributed by atoms with van der Waals surface area (Å²) in [5, 5.41) is 120. The van der Waals surface area contributed by atoms with Crippen molar-refractivity contribution in [1.29, 1.82) is 0 Å². The van der Waals surface area contributed by atoms with Gasteiger partial charge in [-0.25, -0.2) is 0 Å². The summed E-state index contributed by atoms with van der Waals surface area (Å²) in [6.45, 7) is 1.44. The van der Waals surface area contributed by atoms with E-state index in [1.807, 2.05) is 6.08 Å². The SMILES string of the molecule is CC/C=C\C/C=C\C/C=C\C/C=C\C/C=C\C/C=C\C/C=C\C/C=C\CCCCCCCCCCCCCCCCC(=O)NC(COC1OC(CO)C(OC2OC(CO)C(OC3OC(CO)C(O)C(O)C3O)C(O)C2O)C(O)C1O)C(O)/C=C/CC/C=C/CCC. The first-order valence-corrected chi connectivity index (χ1v) is 34.3. The topological polar surface area (TPSA) is 307 Å². The van der Waals surface area contributed by atoms with Crippen molar-refractivity contribution in [3.63, 3.8) is 0 Å². The highest BCUT2D eigenvalue weighted by molar-refractivity contribution is 5.76. The Morgan fingerprint density at radius 3 is 1.22 bits per heavy atom. The Morgan fingerprint density at radius 1 is 0.407 bits per heavy atom. The molecule has 19 heteroatoms. The number of carbonyl (C=O) groups is 1. The van der Waals surface area contributed by atoms with E-state index < -0.39 is 124 Å². The van der Waals surface area contributed by atoms with E-state index in [4.69, 9.17) is 28.4 Å². The van der Waals surface area contributed by atoms with E-state index in [2.05, 4.69) is 129 Å². The molecule has 0 aliphatic carbocycles. The molecular formula is C72H119NO18. The quantitative estimate of drug-likeness (QED) is 0.0200. The Morgan fingerprint density at radius 2 is 0.769 bits per heavy atom. The summed E-state index contributed by atoms with van der Waals surface area (Å²) in [5.74, 6) is -0.296.